The van der Waals surface area contributed by atoms with Gasteiger partial charge in [-0.2, -0.15) is 0 Å². The van der Waals surface area contributed by atoms with Crippen LogP contribution in [-0.4, -0.2) is 22.2 Å². The lowest BCUT2D eigenvalue weighted by Crippen LogP contribution is -2.37. The predicted octanol–water partition coefficient (Wildman–Crippen LogP) is 1.29. The maximum absolute atomic E-state index is 9.76. The second-order valence-electron chi connectivity index (χ2n) is 2.89. The Kier molecular flexibility index (Phi) is 1.94. The summed E-state index contributed by atoms with van der Waals surface area (Å²) in [6, 6.07) is 7.31. The first-order valence-corrected chi connectivity index (χ1v) is 4.32. The molecule has 0 bridgehead atoms. The molecule has 1 aliphatic heterocycles. The molecule has 1 aromatic carbocycles. The number of benzene rings is 1. The van der Waals surface area contributed by atoms with E-state index in [1.54, 1.807) is 13.1 Å². The minimum atomic E-state index is -0.697. The van der Waals surface area contributed by atoms with Crippen LogP contribution >= 0.6 is 12.2 Å². The first-order valence-electron chi connectivity index (χ1n) is 3.92. The first-order chi connectivity index (χ1) is 6.20. The molecule has 0 radical (unpaired) electrons. The monoisotopic (exact) mass is 195 g/mol. The van der Waals surface area contributed by atoms with Crippen LogP contribution in [0.5, 0.6) is 5.75 Å². The van der Waals surface area contributed by atoms with Crippen LogP contribution in [0.2, 0.25) is 0 Å². The van der Waals surface area contributed by atoms with Crippen molar-refractivity contribution in [2.24, 2.45) is 0 Å². The van der Waals surface area contributed by atoms with Crippen LogP contribution in [0.15, 0.2) is 24.3 Å². The summed E-state index contributed by atoms with van der Waals surface area (Å²) in [6.07, 6.45) is -0.697. The molecule has 4 heteroatoms. The lowest BCUT2D eigenvalue weighted by atomic mass is 10.1. The summed E-state index contributed by atoms with van der Waals surface area (Å²) >= 11 is 4.93. The van der Waals surface area contributed by atoms with Gasteiger partial charge < -0.3 is 14.7 Å². The Hall–Kier alpha value is -1.13. The third kappa shape index (κ3) is 1.28. The molecule has 1 atom stereocenters. The minimum Gasteiger partial charge on any atom is -0.431 e. The standard InChI is InChI=1S/C9H9NO2S/c1-10-8(11)6-4-2-3-5-7(6)12-9(10)13/h2-5,8,11H,1H3/t8-/m1/s1. The van der Waals surface area contributed by atoms with Gasteiger partial charge in [-0.1, -0.05) is 18.2 Å². The van der Waals surface area contributed by atoms with Crippen LogP contribution in [0.25, 0.3) is 0 Å². The van der Waals surface area contributed by atoms with Gasteiger partial charge in [0.1, 0.15) is 5.75 Å². The number of thiocarbonyl (C=S) groups is 1. The Morgan fingerprint density at radius 1 is 1.46 bits per heavy atom. The number of rotatable bonds is 0. The third-order valence-corrected chi connectivity index (χ3v) is 2.42. The molecule has 0 aromatic heterocycles. The van der Waals surface area contributed by atoms with Gasteiger partial charge in [0.05, 0.1) is 0 Å². The highest BCUT2D eigenvalue weighted by Crippen LogP contribution is 2.31. The van der Waals surface area contributed by atoms with E-state index in [4.69, 9.17) is 17.0 Å². The average molecular weight is 195 g/mol. The van der Waals surface area contributed by atoms with Crippen LogP contribution in [0.3, 0.4) is 0 Å². The molecule has 1 heterocycles. The van der Waals surface area contributed by atoms with Crippen molar-refractivity contribution >= 4 is 17.4 Å². The molecule has 68 valence electrons. The molecule has 2 rings (SSSR count). The molecule has 0 unspecified atom stereocenters. The van der Waals surface area contributed by atoms with E-state index < -0.39 is 6.23 Å². The molecule has 1 N–H and O–H groups in total. The molecule has 0 spiro atoms. The lowest BCUT2D eigenvalue weighted by molar-refractivity contribution is 0.0485. The molecular weight excluding hydrogens is 186 g/mol. The molecule has 3 nitrogen and oxygen atoms in total. The minimum absolute atomic E-state index is 0.297. The van der Waals surface area contributed by atoms with Crippen molar-refractivity contribution in [3.63, 3.8) is 0 Å². The number of ether oxygens (including phenoxy) is 1. The number of hydrogen-bond acceptors (Lipinski definition) is 3. The zero-order valence-corrected chi connectivity index (χ0v) is 7.91. The van der Waals surface area contributed by atoms with Gasteiger partial charge in [-0.25, -0.2) is 0 Å². The molecule has 0 saturated carbocycles. The number of nitrogens with zero attached hydrogens (tertiary/aromatic N) is 1. The van der Waals surface area contributed by atoms with Crippen LogP contribution in [0.4, 0.5) is 0 Å². The van der Waals surface area contributed by atoms with Crippen molar-refractivity contribution in [3.8, 4) is 5.75 Å². The van der Waals surface area contributed by atoms with Crippen LogP contribution < -0.4 is 4.74 Å². The van der Waals surface area contributed by atoms with Gasteiger partial charge in [0.25, 0.3) is 5.17 Å². The van der Waals surface area contributed by atoms with E-state index in [1.165, 1.54) is 4.90 Å². The SMILES string of the molecule is CN1C(=S)Oc2ccccc2[C@H]1O. The fraction of sp³-hybridized carbons (Fsp3) is 0.222. The van der Waals surface area contributed by atoms with Crippen molar-refractivity contribution in [2.75, 3.05) is 7.05 Å². The van der Waals surface area contributed by atoms with Gasteiger partial charge in [-0.05, 0) is 18.3 Å². The maximum Gasteiger partial charge on any atom is 0.266 e. The first kappa shape index (κ1) is 8.47. The summed E-state index contributed by atoms with van der Waals surface area (Å²) in [5, 5.41) is 10.1. The number of aliphatic hydroxyl groups is 1. The maximum atomic E-state index is 9.76. The second-order valence-corrected chi connectivity index (χ2v) is 3.24. The lowest BCUT2D eigenvalue weighted by Gasteiger charge is -2.31. The van der Waals surface area contributed by atoms with Crippen molar-refractivity contribution < 1.29 is 9.84 Å². The summed E-state index contributed by atoms with van der Waals surface area (Å²) in [5.41, 5.74) is 0.749. The number of aliphatic hydroxyl groups excluding tert-OH is 1. The largest absolute Gasteiger partial charge is 0.431 e. The number of fused-ring (bicyclic) bond motifs is 1. The van der Waals surface area contributed by atoms with Crippen LogP contribution in [0, 0.1) is 0 Å². The van der Waals surface area contributed by atoms with Crippen molar-refractivity contribution in [1.29, 1.82) is 0 Å². The van der Waals surface area contributed by atoms with E-state index in [9.17, 15) is 5.11 Å². The Morgan fingerprint density at radius 3 is 2.92 bits per heavy atom. The van der Waals surface area contributed by atoms with E-state index in [-0.39, 0.29) is 0 Å². The highest BCUT2D eigenvalue weighted by Gasteiger charge is 2.26. The van der Waals surface area contributed by atoms with E-state index >= 15 is 0 Å². The van der Waals surface area contributed by atoms with Crippen LogP contribution in [-0.2, 0) is 0 Å². The normalized spacial score (nSPS) is 20.9. The van der Waals surface area contributed by atoms with E-state index in [1.807, 2.05) is 18.2 Å². The van der Waals surface area contributed by atoms with Gasteiger partial charge in [0.15, 0.2) is 6.23 Å². The summed E-state index contributed by atoms with van der Waals surface area (Å²) in [4.78, 5) is 1.51. The molecule has 13 heavy (non-hydrogen) atoms. The zero-order valence-electron chi connectivity index (χ0n) is 7.10. The number of hydrogen-bond donors (Lipinski definition) is 1. The fourth-order valence-electron chi connectivity index (χ4n) is 1.26. The van der Waals surface area contributed by atoms with Crippen molar-refractivity contribution in [3.05, 3.63) is 29.8 Å². The topological polar surface area (TPSA) is 32.7 Å². The Morgan fingerprint density at radius 2 is 2.15 bits per heavy atom. The third-order valence-electron chi connectivity index (χ3n) is 2.05. The second kappa shape index (κ2) is 2.97. The molecule has 0 amide bonds. The van der Waals surface area contributed by atoms with E-state index in [0.717, 1.165) is 5.56 Å². The van der Waals surface area contributed by atoms with E-state index in [0.29, 0.717) is 10.9 Å². The molecular formula is C9H9NO2S. The van der Waals surface area contributed by atoms with Gasteiger partial charge in [-0.3, -0.25) is 0 Å². The summed E-state index contributed by atoms with van der Waals surface area (Å²) in [6.45, 7) is 0. The van der Waals surface area contributed by atoms with Crippen LogP contribution in [0.1, 0.15) is 11.8 Å². The molecule has 0 saturated heterocycles. The summed E-state index contributed by atoms with van der Waals surface area (Å²) in [5.74, 6) is 0.637. The Labute approximate surface area is 81.5 Å². The van der Waals surface area contributed by atoms with Gasteiger partial charge in [0.2, 0.25) is 0 Å². The number of para-hydroxylation sites is 1. The van der Waals surface area contributed by atoms with Gasteiger partial charge in [-0.15, -0.1) is 0 Å². The van der Waals surface area contributed by atoms with Crippen molar-refractivity contribution in [2.45, 2.75) is 6.23 Å². The summed E-state index contributed by atoms with van der Waals surface area (Å²) < 4.78 is 5.31. The molecule has 0 fully saturated rings. The average Bonchev–Trinajstić information content (AvgIpc) is 2.15. The Bertz CT molecular complexity index is 353. The Balaban J connectivity index is 2.49. The predicted molar refractivity (Wildman–Crippen MR) is 52.4 cm³/mol. The summed E-state index contributed by atoms with van der Waals surface area (Å²) in [7, 11) is 1.70. The van der Waals surface area contributed by atoms with Gasteiger partial charge >= 0.3 is 0 Å². The van der Waals surface area contributed by atoms with Crippen molar-refractivity contribution in [1.82, 2.24) is 4.90 Å². The molecule has 1 aliphatic rings. The smallest absolute Gasteiger partial charge is 0.266 e. The highest BCUT2D eigenvalue weighted by molar-refractivity contribution is 7.80. The zero-order chi connectivity index (χ0) is 9.42. The van der Waals surface area contributed by atoms with Gasteiger partial charge in [0, 0.05) is 12.6 Å². The fourth-order valence-corrected chi connectivity index (χ4v) is 1.45. The quantitative estimate of drug-likeness (QED) is 0.632. The highest BCUT2D eigenvalue weighted by atomic mass is 32.1. The van der Waals surface area contributed by atoms with E-state index in [2.05, 4.69) is 0 Å². The molecule has 0 aliphatic carbocycles. The molecule has 1 aromatic rings.